The molecule has 0 aromatic heterocycles. The van der Waals surface area contributed by atoms with E-state index in [2.05, 4.69) is 10.2 Å². The van der Waals surface area contributed by atoms with Crippen LogP contribution in [0.5, 0.6) is 0 Å². The maximum absolute atomic E-state index is 14.2. The van der Waals surface area contributed by atoms with E-state index in [0.717, 1.165) is 41.9 Å². The van der Waals surface area contributed by atoms with Crippen molar-refractivity contribution in [1.29, 1.82) is 0 Å². The number of carbonyl (C=O) groups is 1. The van der Waals surface area contributed by atoms with Crippen LogP contribution >= 0.6 is 11.8 Å². The molecule has 3 nitrogen and oxygen atoms in total. The smallest absolute Gasteiger partial charge is 0.251 e. The van der Waals surface area contributed by atoms with Gasteiger partial charge in [-0.15, -0.1) is 0 Å². The van der Waals surface area contributed by atoms with Gasteiger partial charge in [0, 0.05) is 59.6 Å². The Morgan fingerprint density at radius 3 is 2.58 bits per heavy atom. The second kappa shape index (κ2) is 6.09. The molecule has 0 spiro atoms. The van der Waals surface area contributed by atoms with E-state index in [1.54, 1.807) is 6.07 Å². The topological polar surface area (TPSA) is 32.3 Å². The van der Waals surface area contributed by atoms with Crippen LogP contribution in [0.1, 0.15) is 15.9 Å². The molecule has 0 unspecified atom stereocenters. The van der Waals surface area contributed by atoms with Gasteiger partial charge < -0.3 is 10.2 Å². The first-order valence-corrected chi connectivity index (χ1v) is 9.02. The Kier molecular flexibility index (Phi) is 3.92. The Morgan fingerprint density at radius 2 is 1.83 bits per heavy atom. The molecule has 0 atom stereocenters. The molecule has 0 saturated carbocycles. The van der Waals surface area contributed by atoms with Crippen molar-refractivity contribution < 1.29 is 13.6 Å². The first-order valence-electron chi connectivity index (χ1n) is 7.87. The lowest BCUT2D eigenvalue weighted by Gasteiger charge is -2.30. The third kappa shape index (κ3) is 2.65. The summed E-state index contributed by atoms with van der Waals surface area (Å²) in [5.74, 6) is 0.704. The molecule has 24 heavy (non-hydrogen) atoms. The maximum Gasteiger partial charge on any atom is 0.251 e. The van der Waals surface area contributed by atoms with Crippen molar-refractivity contribution in [2.24, 2.45) is 0 Å². The van der Waals surface area contributed by atoms with Gasteiger partial charge in [-0.2, -0.15) is 11.8 Å². The van der Waals surface area contributed by atoms with E-state index in [1.807, 2.05) is 17.8 Å². The average molecular weight is 346 g/mol. The number of rotatable bonds is 2. The monoisotopic (exact) mass is 346 g/mol. The number of amides is 1. The molecule has 1 fully saturated rings. The van der Waals surface area contributed by atoms with Crippen molar-refractivity contribution in [2.45, 2.75) is 6.54 Å². The molecule has 124 valence electrons. The molecule has 2 heterocycles. The summed E-state index contributed by atoms with van der Waals surface area (Å²) >= 11 is 1.91. The fourth-order valence-electron chi connectivity index (χ4n) is 3.27. The van der Waals surface area contributed by atoms with Crippen LogP contribution in [0.2, 0.25) is 0 Å². The molecule has 1 saturated heterocycles. The minimum absolute atomic E-state index is 0.137. The van der Waals surface area contributed by atoms with E-state index in [4.69, 9.17) is 0 Å². The Hall–Kier alpha value is -2.08. The number of nitrogens with zero attached hydrogens (tertiary/aromatic N) is 1. The quantitative estimate of drug-likeness (QED) is 0.904. The third-order valence-electron chi connectivity index (χ3n) is 4.49. The first-order chi connectivity index (χ1) is 11.6. The highest BCUT2D eigenvalue weighted by Crippen LogP contribution is 2.35. The zero-order valence-electron chi connectivity index (χ0n) is 12.9. The van der Waals surface area contributed by atoms with Crippen LogP contribution < -0.4 is 10.2 Å². The lowest BCUT2D eigenvalue weighted by Crippen LogP contribution is -2.33. The Morgan fingerprint density at radius 1 is 1.04 bits per heavy atom. The van der Waals surface area contributed by atoms with E-state index in [1.165, 1.54) is 12.1 Å². The first kappa shape index (κ1) is 15.4. The Labute approximate surface area is 143 Å². The number of hydrogen-bond donors (Lipinski definition) is 1. The van der Waals surface area contributed by atoms with Gasteiger partial charge in [-0.05, 0) is 29.8 Å². The minimum atomic E-state index is -0.617. The van der Waals surface area contributed by atoms with Gasteiger partial charge in [-0.1, -0.05) is 0 Å². The summed E-state index contributed by atoms with van der Waals surface area (Å²) in [5, 5.41) is 2.84. The average Bonchev–Trinajstić information content (AvgIpc) is 2.96. The number of fused-ring (bicyclic) bond motifs is 1. The highest BCUT2D eigenvalue weighted by molar-refractivity contribution is 7.99. The summed E-state index contributed by atoms with van der Waals surface area (Å²) in [6.45, 7) is 2.31. The Balaban J connectivity index is 1.86. The highest BCUT2D eigenvalue weighted by atomic mass is 32.2. The van der Waals surface area contributed by atoms with E-state index in [-0.39, 0.29) is 5.91 Å². The fraction of sp³-hybridized carbons (Fsp3) is 0.278. The fourth-order valence-corrected chi connectivity index (χ4v) is 4.18. The highest BCUT2D eigenvalue weighted by Gasteiger charge is 2.26. The van der Waals surface area contributed by atoms with E-state index < -0.39 is 11.6 Å². The molecular weight excluding hydrogens is 330 g/mol. The van der Waals surface area contributed by atoms with Crippen LogP contribution in [-0.4, -0.2) is 30.5 Å². The molecule has 0 aliphatic carbocycles. The molecule has 1 amide bonds. The van der Waals surface area contributed by atoms with Crippen molar-refractivity contribution in [3.05, 3.63) is 53.1 Å². The molecule has 2 aromatic rings. The molecular formula is C18H16F2N2OS. The van der Waals surface area contributed by atoms with Crippen LogP contribution in [0, 0.1) is 11.6 Å². The van der Waals surface area contributed by atoms with Crippen molar-refractivity contribution >= 4 is 23.4 Å². The van der Waals surface area contributed by atoms with Gasteiger partial charge in [0.05, 0.1) is 0 Å². The third-order valence-corrected chi connectivity index (χ3v) is 5.43. The second-order valence-electron chi connectivity index (χ2n) is 5.93. The number of anilines is 1. The van der Waals surface area contributed by atoms with Crippen LogP contribution in [0.3, 0.4) is 0 Å². The largest absolute Gasteiger partial charge is 0.370 e. The summed E-state index contributed by atoms with van der Waals surface area (Å²) in [7, 11) is 0. The second-order valence-corrected chi connectivity index (χ2v) is 7.15. The molecule has 2 aliphatic heterocycles. The van der Waals surface area contributed by atoms with Crippen LogP contribution in [-0.2, 0) is 6.54 Å². The summed E-state index contributed by atoms with van der Waals surface area (Å²) in [6, 6.07) is 7.17. The zero-order chi connectivity index (χ0) is 16.7. The number of halogens is 2. The van der Waals surface area contributed by atoms with Crippen molar-refractivity contribution in [3.63, 3.8) is 0 Å². The normalized spacial score (nSPS) is 16.9. The van der Waals surface area contributed by atoms with Gasteiger partial charge >= 0.3 is 0 Å². The van der Waals surface area contributed by atoms with Crippen LogP contribution in [0.4, 0.5) is 14.5 Å². The van der Waals surface area contributed by atoms with Gasteiger partial charge in [-0.3, -0.25) is 4.79 Å². The molecule has 2 aliphatic rings. The van der Waals surface area contributed by atoms with Gasteiger partial charge in [0.2, 0.25) is 0 Å². The van der Waals surface area contributed by atoms with Crippen molar-refractivity contribution in [1.82, 2.24) is 5.32 Å². The number of thioether (sulfide) groups is 1. The lowest BCUT2D eigenvalue weighted by molar-refractivity contribution is 0.0966. The van der Waals surface area contributed by atoms with Crippen molar-refractivity contribution in [3.8, 4) is 11.1 Å². The molecule has 2 aromatic carbocycles. The van der Waals surface area contributed by atoms with E-state index >= 15 is 0 Å². The maximum atomic E-state index is 14.2. The van der Waals surface area contributed by atoms with E-state index in [0.29, 0.717) is 23.2 Å². The summed E-state index contributed by atoms with van der Waals surface area (Å²) in [4.78, 5) is 14.4. The van der Waals surface area contributed by atoms with Gasteiger partial charge in [0.15, 0.2) is 0 Å². The SMILES string of the molecule is O=C1NCc2c1cc(-c1ccc(F)cc1F)cc2N1CCSCC1. The number of hydrogen-bond acceptors (Lipinski definition) is 3. The van der Waals surface area contributed by atoms with E-state index in [9.17, 15) is 13.6 Å². The predicted molar refractivity (Wildman–Crippen MR) is 92.5 cm³/mol. The number of benzene rings is 2. The summed E-state index contributed by atoms with van der Waals surface area (Å²) < 4.78 is 27.4. The summed E-state index contributed by atoms with van der Waals surface area (Å²) in [6.07, 6.45) is 0. The molecule has 0 bridgehead atoms. The molecule has 4 rings (SSSR count). The molecule has 6 heteroatoms. The van der Waals surface area contributed by atoms with Crippen LogP contribution in [0.15, 0.2) is 30.3 Å². The minimum Gasteiger partial charge on any atom is -0.370 e. The van der Waals surface area contributed by atoms with Gasteiger partial charge in [-0.25, -0.2) is 8.78 Å². The molecule has 0 radical (unpaired) electrons. The van der Waals surface area contributed by atoms with Gasteiger partial charge in [0.25, 0.3) is 5.91 Å². The summed E-state index contributed by atoms with van der Waals surface area (Å²) in [5.41, 5.74) is 3.45. The predicted octanol–water partition coefficient (Wildman–Crippen LogP) is 3.43. The van der Waals surface area contributed by atoms with Crippen LogP contribution in [0.25, 0.3) is 11.1 Å². The standard InChI is InChI=1S/C18H16F2N2OS/c19-12-1-2-13(16(20)9-12)11-7-14-15(10-21-18(14)23)17(8-11)22-3-5-24-6-4-22/h1-2,7-9H,3-6,10H2,(H,21,23). The van der Waals surface area contributed by atoms with Crippen molar-refractivity contribution in [2.75, 3.05) is 29.5 Å². The lowest BCUT2D eigenvalue weighted by atomic mass is 9.97. The Bertz CT molecular complexity index is 819. The number of nitrogens with one attached hydrogen (secondary N) is 1. The number of carbonyl (C=O) groups excluding carboxylic acids is 1. The zero-order valence-corrected chi connectivity index (χ0v) is 13.8. The molecule has 1 N–H and O–H groups in total. The van der Waals surface area contributed by atoms with Gasteiger partial charge in [0.1, 0.15) is 11.6 Å².